The van der Waals surface area contributed by atoms with Crippen LogP contribution in [-0.2, 0) is 0 Å². The first-order valence-electron chi connectivity index (χ1n) is 9.86. The molecule has 1 fully saturated rings. The number of nitrogens with one attached hydrogen (secondary N) is 3. The van der Waals surface area contributed by atoms with Crippen molar-refractivity contribution in [3.05, 3.63) is 66.1 Å². The van der Waals surface area contributed by atoms with Gasteiger partial charge in [-0.05, 0) is 61.7 Å². The Labute approximate surface area is 174 Å². The molecular formula is C22H23FN6O. The summed E-state index contributed by atoms with van der Waals surface area (Å²) >= 11 is 0. The first-order valence-corrected chi connectivity index (χ1v) is 9.86. The third kappa shape index (κ3) is 4.83. The number of anilines is 5. The minimum Gasteiger partial charge on any atom is -0.370 e. The topological polar surface area (TPSA) is 82.2 Å². The van der Waals surface area contributed by atoms with Gasteiger partial charge in [0, 0.05) is 36.2 Å². The number of aromatic nitrogens is 2. The maximum Gasteiger partial charge on any atom is 0.323 e. The summed E-state index contributed by atoms with van der Waals surface area (Å²) in [4.78, 5) is 14.4. The fourth-order valence-electron chi connectivity index (χ4n) is 3.31. The molecule has 0 radical (unpaired) electrons. The molecule has 0 unspecified atom stereocenters. The minimum absolute atomic E-state index is 0.361. The van der Waals surface area contributed by atoms with Crippen molar-refractivity contribution >= 4 is 34.6 Å². The highest BCUT2D eigenvalue weighted by Crippen LogP contribution is 2.23. The molecule has 154 valence electrons. The smallest absolute Gasteiger partial charge is 0.323 e. The van der Waals surface area contributed by atoms with Crippen molar-refractivity contribution < 1.29 is 9.18 Å². The lowest BCUT2D eigenvalue weighted by molar-refractivity contribution is 0.262. The predicted octanol–water partition coefficient (Wildman–Crippen LogP) is 4.91. The Balaban J connectivity index is 1.35. The molecular weight excluding hydrogens is 383 g/mol. The fraction of sp³-hybridized carbons (Fsp3) is 0.227. The van der Waals surface area contributed by atoms with Crippen LogP contribution in [0.15, 0.2) is 54.7 Å². The molecule has 0 saturated carbocycles. The van der Waals surface area contributed by atoms with Gasteiger partial charge in [0.25, 0.3) is 0 Å². The van der Waals surface area contributed by atoms with Gasteiger partial charge in [0.05, 0.1) is 11.9 Å². The van der Waals surface area contributed by atoms with Gasteiger partial charge in [-0.2, -0.15) is 5.10 Å². The second kappa shape index (κ2) is 8.77. The van der Waals surface area contributed by atoms with Crippen LogP contribution in [0.25, 0.3) is 0 Å². The summed E-state index contributed by atoms with van der Waals surface area (Å²) in [5.41, 5.74) is 3.43. The molecule has 7 nitrogen and oxygen atoms in total. The molecule has 0 aliphatic carbocycles. The van der Waals surface area contributed by atoms with Crippen LogP contribution < -0.4 is 20.9 Å². The van der Waals surface area contributed by atoms with E-state index in [2.05, 4.69) is 31.0 Å². The number of halogens is 1. The van der Waals surface area contributed by atoms with Crippen molar-refractivity contribution in [2.75, 3.05) is 33.9 Å². The summed E-state index contributed by atoms with van der Waals surface area (Å²) in [5.74, 6) is 0.305. The second-order valence-corrected chi connectivity index (χ2v) is 7.24. The number of benzene rings is 2. The number of carbonyl (C=O) groups is 1. The second-order valence-electron chi connectivity index (χ2n) is 7.24. The van der Waals surface area contributed by atoms with Crippen molar-refractivity contribution in [2.45, 2.75) is 19.8 Å². The lowest BCUT2D eigenvalue weighted by Gasteiger charge is -2.17. The first-order chi connectivity index (χ1) is 14.6. The fourth-order valence-corrected chi connectivity index (χ4v) is 3.31. The molecule has 0 atom stereocenters. The Bertz CT molecular complexity index is 1030. The van der Waals surface area contributed by atoms with Crippen molar-refractivity contribution in [3.63, 3.8) is 0 Å². The lowest BCUT2D eigenvalue weighted by Crippen LogP contribution is -2.19. The van der Waals surface area contributed by atoms with E-state index in [9.17, 15) is 9.18 Å². The van der Waals surface area contributed by atoms with Crippen molar-refractivity contribution in [1.29, 1.82) is 0 Å². The van der Waals surface area contributed by atoms with Gasteiger partial charge in [-0.15, -0.1) is 5.10 Å². The van der Waals surface area contributed by atoms with E-state index in [-0.39, 0.29) is 5.82 Å². The van der Waals surface area contributed by atoms with Crippen LogP contribution in [0.2, 0.25) is 0 Å². The van der Waals surface area contributed by atoms with E-state index < -0.39 is 6.03 Å². The number of amides is 2. The highest BCUT2D eigenvalue weighted by atomic mass is 19.1. The van der Waals surface area contributed by atoms with Crippen LogP contribution in [0, 0.1) is 12.7 Å². The van der Waals surface area contributed by atoms with E-state index in [4.69, 9.17) is 0 Å². The Hall–Kier alpha value is -3.68. The molecule has 2 heterocycles. The van der Waals surface area contributed by atoms with Gasteiger partial charge in [0.15, 0.2) is 5.82 Å². The summed E-state index contributed by atoms with van der Waals surface area (Å²) < 4.78 is 13.6. The molecule has 1 aromatic heterocycles. The maximum absolute atomic E-state index is 13.6. The first kappa shape index (κ1) is 19.6. The molecule has 1 aliphatic heterocycles. The molecule has 0 spiro atoms. The van der Waals surface area contributed by atoms with Gasteiger partial charge >= 0.3 is 6.03 Å². The maximum atomic E-state index is 13.6. The normalized spacial score (nSPS) is 13.2. The molecule has 1 aliphatic rings. The molecule has 0 bridgehead atoms. The van der Waals surface area contributed by atoms with E-state index in [1.165, 1.54) is 18.9 Å². The number of hydrogen-bond acceptors (Lipinski definition) is 5. The molecule has 1 saturated heterocycles. The van der Waals surface area contributed by atoms with Crippen LogP contribution in [0.4, 0.5) is 37.8 Å². The highest BCUT2D eigenvalue weighted by Gasteiger charge is 2.13. The standard InChI is InChI=1S/C22H23FN6O/c1-15-4-5-18(12-20(15)23)27-22(30)26-17-8-6-16(7-9-17)25-21-13-19(14-24-28-21)29-10-2-3-11-29/h4-9,12-14H,2-3,10-11H2,1H3,(H,25,28)(H2,26,27,30). The zero-order valence-electron chi connectivity index (χ0n) is 16.7. The molecule has 2 amide bonds. The highest BCUT2D eigenvalue weighted by molar-refractivity contribution is 5.99. The molecule has 8 heteroatoms. The molecule has 30 heavy (non-hydrogen) atoms. The van der Waals surface area contributed by atoms with E-state index in [1.54, 1.807) is 37.4 Å². The number of hydrogen-bond donors (Lipinski definition) is 3. The van der Waals surface area contributed by atoms with Crippen molar-refractivity contribution in [3.8, 4) is 0 Å². The van der Waals surface area contributed by atoms with Gasteiger partial charge in [0.1, 0.15) is 5.82 Å². The number of carbonyl (C=O) groups excluding carboxylic acids is 1. The predicted molar refractivity (Wildman–Crippen MR) is 117 cm³/mol. The summed E-state index contributed by atoms with van der Waals surface area (Å²) in [6.07, 6.45) is 4.18. The van der Waals surface area contributed by atoms with Crippen molar-refractivity contribution in [1.82, 2.24) is 10.2 Å². The van der Waals surface area contributed by atoms with Crippen LogP contribution in [0.1, 0.15) is 18.4 Å². The quantitative estimate of drug-likeness (QED) is 0.561. The monoisotopic (exact) mass is 406 g/mol. The van der Waals surface area contributed by atoms with Gasteiger partial charge in [-0.1, -0.05) is 6.07 Å². The molecule has 2 aromatic carbocycles. The summed E-state index contributed by atoms with van der Waals surface area (Å²) in [6.45, 7) is 3.76. The third-order valence-electron chi connectivity index (χ3n) is 4.96. The zero-order valence-corrected chi connectivity index (χ0v) is 16.7. The van der Waals surface area contributed by atoms with E-state index in [1.807, 2.05) is 18.2 Å². The number of aryl methyl sites for hydroxylation is 1. The van der Waals surface area contributed by atoms with Gasteiger partial charge in [-0.25, -0.2) is 9.18 Å². The summed E-state index contributed by atoms with van der Waals surface area (Å²) in [6, 6.07) is 13.3. The average Bonchev–Trinajstić information content (AvgIpc) is 3.27. The average molecular weight is 406 g/mol. The Kier molecular flexibility index (Phi) is 5.74. The molecule has 3 N–H and O–H groups in total. The summed E-state index contributed by atoms with van der Waals surface area (Å²) in [5, 5.41) is 16.8. The SMILES string of the molecule is Cc1ccc(NC(=O)Nc2ccc(Nc3cc(N4CCCC4)cnn3)cc2)cc1F. The number of rotatable bonds is 5. The molecule has 4 rings (SSSR count). The van der Waals surface area contributed by atoms with Gasteiger partial charge in [-0.3, -0.25) is 0 Å². The van der Waals surface area contributed by atoms with Crippen molar-refractivity contribution in [2.24, 2.45) is 0 Å². The largest absolute Gasteiger partial charge is 0.370 e. The lowest BCUT2D eigenvalue weighted by atomic mass is 10.2. The van der Waals surface area contributed by atoms with E-state index in [0.29, 0.717) is 22.8 Å². The van der Waals surface area contributed by atoms with Gasteiger partial charge in [0.2, 0.25) is 0 Å². The number of urea groups is 1. The van der Waals surface area contributed by atoms with E-state index in [0.717, 1.165) is 24.5 Å². The van der Waals surface area contributed by atoms with Crippen LogP contribution in [0.3, 0.4) is 0 Å². The Morgan fingerprint density at radius 3 is 2.37 bits per heavy atom. The summed E-state index contributed by atoms with van der Waals surface area (Å²) in [7, 11) is 0. The van der Waals surface area contributed by atoms with Crippen LogP contribution in [-0.4, -0.2) is 29.3 Å². The van der Waals surface area contributed by atoms with E-state index >= 15 is 0 Å². The minimum atomic E-state index is -0.442. The van der Waals surface area contributed by atoms with Gasteiger partial charge < -0.3 is 20.9 Å². The zero-order chi connectivity index (χ0) is 20.9. The van der Waals surface area contributed by atoms with Crippen LogP contribution >= 0.6 is 0 Å². The van der Waals surface area contributed by atoms with Crippen LogP contribution in [0.5, 0.6) is 0 Å². The number of nitrogens with zero attached hydrogens (tertiary/aromatic N) is 3. The Morgan fingerprint density at radius 2 is 1.63 bits per heavy atom. The molecule has 3 aromatic rings. The Morgan fingerprint density at radius 1 is 0.967 bits per heavy atom. The third-order valence-corrected chi connectivity index (χ3v) is 4.96.